The van der Waals surface area contributed by atoms with E-state index in [1.807, 2.05) is 17.2 Å². The maximum atomic E-state index is 12.2. The Bertz CT molecular complexity index is 437. The molecule has 1 unspecified atom stereocenters. The van der Waals surface area contributed by atoms with Crippen LogP contribution in [-0.2, 0) is 11.2 Å². The van der Waals surface area contributed by atoms with Crippen LogP contribution in [0.15, 0.2) is 5.38 Å². The molecule has 1 aliphatic heterocycles. The molecule has 0 spiro atoms. The number of aliphatic hydroxyl groups is 1. The molecule has 1 aliphatic rings. The standard InChI is InChI=1S/C14H23N3O2S/c1-3-13(9-18)16-4-6-17(7-5-16)14(19)8-12-10-20-11(2)15-12/h10,13,18H,3-9H2,1-2H3. The van der Waals surface area contributed by atoms with Gasteiger partial charge in [0.05, 0.1) is 23.7 Å². The molecule has 20 heavy (non-hydrogen) atoms. The highest BCUT2D eigenvalue weighted by Gasteiger charge is 2.25. The van der Waals surface area contributed by atoms with E-state index in [1.54, 1.807) is 11.3 Å². The number of amides is 1. The predicted octanol–water partition coefficient (Wildman–Crippen LogP) is 0.909. The molecular weight excluding hydrogens is 274 g/mol. The number of carbonyl (C=O) groups is 1. The number of thiazole rings is 1. The lowest BCUT2D eigenvalue weighted by Gasteiger charge is -2.38. The maximum absolute atomic E-state index is 12.2. The van der Waals surface area contributed by atoms with Crippen molar-refractivity contribution in [3.05, 3.63) is 16.1 Å². The summed E-state index contributed by atoms with van der Waals surface area (Å²) in [7, 11) is 0. The smallest absolute Gasteiger partial charge is 0.228 e. The Morgan fingerprint density at radius 1 is 1.45 bits per heavy atom. The van der Waals surface area contributed by atoms with Crippen molar-refractivity contribution >= 4 is 17.2 Å². The second kappa shape index (κ2) is 7.15. The second-order valence-corrected chi connectivity index (χ2v) is 6.26. The van der Waals surface area contributed by atoms with Crippen molar-refractivity contribution in [2.45, 2.75) is 32.7 Å². The third kappa shape index (κ3) is 3.77. The van der Waals surface area contributed by atoms with Gasteiger partial charge in [-0.3, -0.25) is 9.69 Å². The van der Waals surface area contributed by atoms with Crippen molar-refractivity contribution in [3.8, 4) is 0 Å². The Hall–Kier alpha value is -0.980. The number of rotatable bonds is 5. The summed E-state index contributed by atoms with van der Waals surface area (Å²) in [6.45, 7) is 7.43. The molecule has 1 aromatic rings. The van der Waals surface area contributed by atoms with Gasteiger partial charge in [-0.15, -0.1) is 11.3 Å². The quantitative estimate of drug-likeness (QED) is 0.878. The lowest BCUT2D eigenvalue weighted by atomic mass is 10.1. The molecule has 1 fully saturated rings. The Labute approximate surface area is 124 Å². The van der Waals surface area contributed by atoms with Crippen LogP contribution >= 0.6 is 11.3 Å². The van der Waals surface area contributed by atoms with Gasteiger partial charge >= 0.3 is 0 Å². The maximum Gasteiger partial charge on any atom is 0.228 e. The number of aromatic nitrogens is 1. The minimum absolute atomic E-state index is 0.159. The molecule has 0 bridgehead atoms. The summed E-state index contributed by atoms with van der Waals surface area (Å²) in [6, 6.07) is 0.230. The van der Waals surface area contributed by atoms with E-state index in [9.17, 15) is 9.90 Å². The van der Waals surface area contributed by atoms with Crippen molar-refractivity contribution < 1.29 is 9.90 Å². The average Bonchev–Trinajstić information content (AvgIpc) is 2.86. The van der Waals surface area contributed by atoms with Gasteiger partial charge in [-0.2, -0.15) is 0 Å². The highest BCUT2D eigenvalue weighted by molar-refractivity contribution is 7.09. The van der Waals surface area contributed by atoms with Crippen molar-refractivity contribution in [1.29, 1.82) is 0 Å². The van der Waals surface area contributed by atoms with Gasteiger partial charge in [0.15, 0.2) is 0 Å². The lowest BCUT2D eigenvalue weighted by molar-refractivity contribution is -0.132. The van der Waals surface area contributed by atoms with Crippen LogP contribution in [0.5, 0.6) is 0 Å². The van der Waals surface area contributed by atoms with Gasteiger partial charge < -0.3 is 10.0 Å². The zero-order valence-electron chi connectivity index (χ0n) is 12.2. The molecule has 0 radical (unpaired) electrons. The molecule has 1 amide bonds. The number of piperazine rings is 1. The summed E-state index contributed by atoms with van der Waals surface area (Å²) in [5, 5.41) is 12.3. The van der Waals surface area contributed by atoms with Crippen molar-refractivity contribution in [1.82, 2.24) is 14.8 Å². The van der Waals surface area contributed by atoms with Crippen LogP contribution in [0.4, 0.5) is 0 Å². The fraction of sp³-hybridized carbons (Fsp3) is 0.714. The van der Waals surface area contributed by atoms with Crippen LogP contribution in [0, 0.1) is 6.92 Å². The van der Waals surface area contributed by atoms with E-state index >= 15 is 0 Å². The molecule has 5 nitrogen and oxygen atoms in total. The molecule has 1 aromatic heterocycles. The van der Waals surface area contributed by atoms with Crippen LogP contribution in [0.2, 0.25) is 0 Å². The van der Waals surface area contributed by atoms with Crippen molar-refractivity contribution in [2.24, 2.45) is 0 Å². The second-order valence-electron chi connectivity index (χ2n) is 5.20. The topological polar surface area (TPSA) is 56.7 Å². The highest BCUT2D eigenvalue weighted by atomic mass is 32.1. The third-order valence-corrected chi connectivity index (χ3v) is 4.69. The van der Waals surface area contributed by atoms with Gasteiger partial charge in [-0.25, -0.2) is 4.98 Å². The van der Waals surface area contributed by atoms with Crippen LogP contribution in [0.3, 0.4) is 0 Å². The van der Waals surface area contributed by atoms with Gasteiger partial charge in [-0.05, 0) is 13.3 Å². The highest BCUT2D eigenvalue weighted by Crippen LogP contribution is 2.12. The third-order valence-electron chi connectivity index (χ3n) is 3.86. The van der Waals surface area contributed by atoms with E-state index in [4.69, 9.17) is 0 Å². The number of hydrogen-bond acceptors (Lipinski definition) is 5. The average molecular weight is 297 g/mol. The number of nitrogens with zero attached hydrogens (tertiary/aromatic N) is 3. The molecule has 2 rings (SSSR count). The molecule has 0 aliphatic carbocycles. The van der Waals surface area contributed by atoms with E-state index in [1.165, 1.54) is 0 Å². The molecule has 0 aromatic carbocycles. The van der Waals surface area contributed by atoms with Crippen LogP contribution in [0.1, 0.15) is 24.0 Å². The lowest BCUT2D eigenvalue weighted by Crippen LogP contribution is -2.53. The number of hydrogen-bond donors (Lipinski definition) is 1. The fourth-order valence-corrected chi connectivity index (χ4v) is 3.21. The summed E-state index contributed by atoms with van der Waals surface area (Å²) in [6.07, 6.45) is 1.35. The molecule has 0 saturated carbocycles. The van der Waals surface area contributed by atoms with E-state index in [0.29, 0.717) is 6.42 Å². The van der Waals surface area contributed by atoms with E-state index in [2.05, 4.69) is 16.8 Å². The largest absolute Gasteiger partial charge is 0.395 e. The first-order valence-electron chi connectivity index (χ1n) is 7.17. The van der Waals surface area contributed by atoms with Crippen molar-refractivity contribution in [3.63, 3.8) is 0 Å². The fourth-order valence-electron chi connectivity index (χ4n) is 2.60. The first-order chi connectivity index (χ1) is 9.63. The van der Waals surface area contributed by atoms with Gasteiger partial charge in [0.2, 0.25) is 5.91 Å². The van der Waals surface area contributed by atoms with Gasteiger partial charge in [-0.1, -0.05) is 6.92 Å². The minimum atomic E-state index is 0.159. The van der Waals surface area contributed by atoms with E-state index < -0.39 is 0 Å². The number of aliphatic hydroxyl groups excluding tert-OH is 1. The molecule has 6 heteroatoms. The summed E-state index contributed by atoms with van der Waals surface area (Å²) >= 11 is 1.59. The Kier molecular flexibility index (Phi) is 5.51. The number of carbonyl (C=O) groups excluding carboxylic acids is 1. The monoisotopic (exact) mass is 297 g/mol. The number of aryl methyl sites for hydroxylation is 1. The van der Waals surface area contributed by atoms with Crippen LogP contribution < -0.4 is 0 Å². The molecule has 1 saturated heterocycles. The molecule has 1 N–H and O–H groups in total. The molecular formula is C14H23N3O2S. The summed E-state index contributed by atoms with van der Waals surface area (Å²) in [5.41, 5.74) is 0.877. The van der Waals surface area contributed by atoms with Crippen LogP contribution in [0.25, 0.3) is 0 Å². The van der Waals surface area contributed by atoms with E-state index in [-0.39, 0.29) is 18.6 Å². The first kappa shape index (κ1) is 15.4. The molecule has 1 atom stereocenters. The summed E-state index contributed by atoms with van der Waals surface area (Å²) in [5.74, 6) is 0.159. The zero-order chi connectivity index (χ0) is 14.5. The molecule has 2 heterocycles. The predicted molar refractivity (Wildman–Crippen MR) is 79.9 cm³/mol. The molecule has 112 valence electrons. The zero-order valence-corrected chi connectivity index (χ0v) is 13.0. The van der Waals surface area contributed by atoms with Crippen molar-refractivity contribution in [2.75, 3.05) is 32.8 Å². The Morgan fingerprint density at radius 3 is 2.65 bits per heavy atom. The van der Waals surface area contributed by atoms with Gasteiger partial charge in [0.25, 0.3) is 0 Å². The normalized spacial score (nSPS) is 18.2. The Morgan fingerprint density at radius 2 is 2.15 bits per heavy atom. The summed E-state index contributed by atoms with van der Waals surface area (Å²) in [4.78, 5) is 20.7. The minimum Gasteiger partial charge on any atom is -0.395 e. The summed E-state index contributed by atoms with van der Waals surface area (Å²) < 4.78 is 0. The first-order valence-corrected chi connectivity index (χ1v) is 8.05. The van der Waals surface area contributed by atoms with Crippen LogP contribution in [-0.4, -0.2) is 64.6 Å². The SMILES string of the molecule is CCC(CO)N1CCN(C(=O)Cc2csc(C)n2)CC1. The van der Waals surface area contributed by atoms with E-state index in [0.717, 1.165) is 43.3 Å². The van der Waals surface area contributed by atoms with Gasteiger partial charge in [0, 0.05) is 37.6 Å². The van der Waals surface area contributed by atoms with Gasteiger partial charge in [0.1, 0.15) is 0 Å². The Balaban J connectivity index is 1.82.